The number of carbonyl (C=O) groups is 1. The van der Waals surface area contributed by atoms with Crippen molar-refractivity contribution >= 4 is 17.6 Å². The van der Waals surface area contributed by atoms with E-state index in [1.807, 2.05) is 23.8 Å². The Morgan fingerprint density at radius 1 is 1.62 bits per heavy atom. The van der Waals surface area contributed by atoms with Gasteiger partial charge >= 0.3 is 0 Å². The number of carbonyl (C=O) groups excluding carboxylic acids is 1. The molecule has 0 atom stereocenters. The van der Waals surface area contributed by atoms with Crippen LogP contribution >= 0.6 is 11.3 Å². The molecule has 0 unspecified atom stereocenters. The molecular formula is C9H8N2OS. The third-order valence-electron chi connectivity index (χ3n) is 1.81. The quantitative estimate of drug-likeness (QED) is 0.682. The molecule has 0 saturated heterocycles. The number of nitrogens with zero attached hydrogens (tertiary/aromatic N) is 2. The normalized spacial score (nSPS) is 10.2. The third-order valence-corrected chi connectivity index (χ3v) is 2.99. The van der Waals surface area contributed by atoms with Crippen LogP contribution in [0.1, 0.15) is 15.2 Å². The van der Waals surface area contributed by atoms with Crippen molar-refractivity contribution in [2.24, 2.45) is 0 Å². The molecule has 2 aromatic heterocycles. The van der Waals surface area contributed by atoms with E-state index in [4.69, 9.17) is 0 Å². The van der Waals surface area contributed by atoms with Crippen molar-refractivity contribution in [3.8, 4) is 5.00 Å². The molecule has 0 N–H and O–H groups in total. The Morgan fingerprint density at radius 3 is 3.00 bits per heavy atom. The number of hydrogen-bond acceptors (Lipinski definition) is 3. The van der Waals surface area contributed by atoms with E-state index in [1.54, 1.807) is 12.5 Å². The first-order chi connectivity index (χ1) is 6.31. The van der Waals surface area contributed by atoms with Gasteiger partial charge in [0, 0.05) is 12.4 Å². The molecule has 13 heavy (non-hydrogen) atoms. The number of aryl methyl sites for hydroxylation is 1. The van der Waals surface area contributed by atoms with Gasteiger partial charge in [-0.3, -0.25) is 9.36 Å². The summed E-state index contributed by atoms with van der Waals surface area (Å²) in [6.07, 6.45) is 6.19. The van der Waals surface area contributed by atoms with Crippen molar-refractivity contribution in [3.63, 3.8) is 0 Å². The van der Waals surface area contributed by atoms with E-state index in [1.165, 1.54) is 11.3 Å². The Hall–Kier alpha value is -1.42. The highest BCUT2D eigenvalue weighted by molar-refractivity contribution is 7.16. The first-order valence-corrected chi connectivity index (χ1v) is 4.67. The smallest absolute Gasteiger partial charge is 0.160 e. The number of imidazole rings is 1. The van der Waals surface area contributed by atoms with Gasteiger partial charge in [-0.25, -0.2) is 4.98 Å². The minimum Gasteiger partial charge on any atom is -0.298 e. The zero-order valence-electron chi connectivity index (χ0n) is 7.10. The lowest BCUT2D eigenvalue weighted by molar-refractivity contribution is 0.112. The van der Waals surface area contributed by atoms with Crippen molar-refractivity contribution in [2.75, 3.05) is 0 Å². The zero-order valence-corrected chi connectivity index (χ0v) is 7.91. The lowest BCUT2D eigenvalue weighted by Crippen LogP contribution is -1.82. The third kappa shape index (κ3) is 1.40. The molecule has 2 rings (SSSR count). The van der Waals surface area contributed by atoms with E-state index in [0.717, 1.165) is 21.7 Å². The van der Waals surface area contributed by atoms with Gasteiger partial charge in [0.2, 0.25) is 0 Å². The second-order valence-electron chi connectivity index (χ2n) is 2.72. The van der Waals surface area contributed by atoms with Crippen molar-refractivity contribution < 1.29 is 4.79 Å². The topological polar surface area (TPSA) is 34.9 Å². The predicted octanol–water partition coefficient (Wildman–Crippen LogP) is 2.05. The molecule has 66 valence electrons. The van der Waals surface area contributed by atoms with Crippen LogP contribution in [-0.4, -0.2) is 15.8 Å². The second kappa shape index (κ2) is 3.14. The SMILES string of the molecule is Cc1cc(-n2ccnc2)sc1C=O. The molecule has 0 radical (unpaired) electrons. The van der Waals surface area contributed by atoms with Crippen LogP contribution in [0.4, 0.5) is 0 Å². The van der Waals surface area contributed by atoms with Gasteiger partial charge in [0.15, 0.2) is 6.29 Å². The van der Waals surface area contributed by atoms with Crippen LogP contribution in [0.5, 0.6) is 0 Å². The molecule has 0 bridgehead atoms. The number of aromatic nitrogens is 2. The van der Waals surface area contributed by atoms with Gasteiger partial charge in [-0.1, -0.05) is 0 Å². The molecule has 0 saturated carbocycles. The second-order valence-corrected chi connectivity index (χ2v) is 3.78. The predicted molar refractivity (Wildman–Crippen MR) is 51.6 cm³/mol. The maximum Gasteiger partial charge on any atom is 0.160 e. The molecule has 0 aliphatic rings. The number of hydrogen-bond donors (Lipinski definition) is 0. The van der Waals surface area contributed by atoms with Crippen LogP contribution in [0.2, 0.25) is 0 Å². The summed E-state index contributed by atoms with van der Waals surface area (Å²) in [4.78, 5) is 15.3. The number of rotatable bonds is 2. The highest BCUT2D eigenvalue weighted by atomic mass is 32.1. The van der Waals surface area contributed by atoms with Gasteiger partial charge < -0.3 is 0 Å². The van der Waals surface area contributed by atoms with Crippen molar-refractivity contribution in [2.45, 2.75) is 6.92 Å². The van der Waals surface area contributed by atoms with E-state index in [0.29, 0.717) is 0 Å². The molecule has 2 heterocycles. The lowest BCUT2D eigenvalue weighted by atomic mass is 10.3. The maximum atomic E-state index is 10.6. The van der Waals surface area contributed by atoms with Crippen molar-refractivity contribution in [3.05, 3.63) is 35.2 Å². The van der Waals surface area contributed by atoms with Crippen LogP contribution in [-0.2, 0) is 0 Å². The maximum absolute atomic E-state index is 10.6. The summed E-state index contributed by atoms with van der Waals surface area (Å²) in [7, 11) is 0. The van der Waals surface area contributed by atoms with Crippen LogP contribution in [0.25, 0.3) is 5.00 Å². The zero-order chi connectivity index (χ0) is 9.26. The monoisotopic (exact) mass is 192 g/mol. The van der Waals surface area contributed by atoms with E-state index in [-0.39, 0.29) is 0 Å². The molecule has 0 aliphatic heterocycles. The van der Waals surface area contributed by atoms with Gasteiger partial charge in [-0.05, 0) is 18.6 Å². The van der Waals surface area contributed by atoms with Crippen molar-refractivity contribution in [1.82, 2.24) is 9.55 Å². The molecule has 0 amide bonds. The fourth-order valence-corrected chi connectivity index (χ4v) is 2.06. The molecule has 4 heteroatoms. The average molecular weight is 192 g/mol. The van der Waals surface area contributed by atoms with Crippen LogP contribution in [0, 0.1) is 6.92 Å². The van der Waals surface area contributed by atoms with E-state index in [9.17, 15) is 4.79 Å². The Morgan fingerprint density at radius 2 is 2.46 bits per heavy atom. The Kier molecular flexibility index (Phi) is 1.98. The molecule has 0 fully saturated rings. The van der Waals surface area contributed by atoms with Crippen molar-refractivity contribution in [1.29, 1.82) is 0 Å². The van der Waals surface area contributed by atoms with E-state index in [2.05, 4.69) is 4.98 Å². The highest BCUT2D eigenvalue weighted by Crippen LogP contribution is 2.23. The highest BCUT2D eigenvalue weighted by Gasteiger charge is 2.04. The molecule has 3 nitrogen and oxygen atoms in total. The number of aldehydes is 1. The van der Waals surface area contributed by atoms with Crippen LogP contribution in [0.3, 0.4) is 0 Å². The largest absolute Gasteiger partial charge is 0.298 e. The molecule has 2 aromatic rings. The molecular weight excluding hydrogens is 184 g/mol. The average Bonchev–Trinajstić information content (AvgIpc) is 2.71. The summed E-state index contributed by atoms with van der Waals surface area (Å²) in [5, 5.41) is 1.03. The Labute approximate surface area is 79.7 Å². The summed E-state index contributed by atoms with van der Waals surface area (Å²) >= 11 is 1.47. The van der Waals surface area contributed by atoms with Crippen LogP contribution < -0.4 is 0 Å². The van der Waals surface area contributed by atoms with Gasteiger partial charge in [0.25, 0.3) is 0 Å². The first-order valence-electron chi connectivity index (χ1n) is 3.85. The fraction of sp³-hybridized carbons (Fsp3) is 0.111. The standard InChI is InChI=1S/C9H8N2OS/c1-7-4-9(13-8(7)5-12)11-3-2-10-6-11/h2-6H,1H3. The van der Waals surface area contributed by atoms with Gasteiger partial charge in [-0.15, -0.1) is 11.3 Å². The lowest BCUT2D eigenvalue weighted by Gasteiger charge is -1.92. The van der Waals surface area contributed by atoms with Gasteiger partial charge in [0.05, 0.1) is 11.2 Å². The van der Waals surface area contributed by atoms with Gasteiger partial charge in [0.1, 0.15) is 5.00 Å². The summed E-state index contributed by atoms with van der Waals surface area (Å²) in [6.45, 7) is 1.93. The Bertz CT molecular complexity index is 417. The molecule has 0 aromatic carbocycles. The van der Waals surface area contributed by atoms with Crippen LogP contribution in [0.15, 0.2) is 24.8 Å². The van der Waals surface area contributed by atoms with E-state index >= 15 is 0 Å². The van der Waals surface area contributed by atoms with Gasteiger partial charge in [-0.2, -0.15) is 0 Å². The minimum atomic E-state index is 0.781. The number of thiophene rings is 1. The minimum absolute atomic E-state index is 0.781. The van der Waals surface area contributed by atoms with E-state index < -0.39 is 0 Å². The Balaban J connectivity index is 2.48. The molecule has 0 spiro atoms. The summed E-state index contributed by atoms with van der Waals surface area (Å²) < 4.78 is 1.89. The fourth-order valence-electron chi connectivity index (χ4n) is 1.11. The first kappa shape index (κ1) is 8.19. The summed E-state index contributed by atoms with van der Waals surface area (Å²) in [5.41, 5.74) is 1.02. The molecule has 0 aliphatic carbocycles. The summed E-state index contributed by atoms with van der Waals surface area (Å²) in [5.74, 6) is 0. The summed E-state index contributed by atoms with van der Waals surface area (Å²) in [6, 6.07) is 1.98.